The number of ether oxygens (including phenoxy) is 1. The molecular weight excluding hydrogens is 438 g/mol. The van der Waals surface area contributed by atoms with Gasteiger partial charge in [0.25, 0.3) is 12.3 Å². The van der Waals surface area contributed by atoms with Crippen molar-refractivity contribution < 1.29 is 27.1 Å². The van der Waals surface area contributed by atoms with Gasteiger partial charge in [-0.2, -0.15) is 0 Å². The molecule has 3 N–H and O–H groups in total. The van der Waals surface area contributed by atoms with Crippen LogP contribution < -0.4 is 11.1 Å². The van der Waals surface area contributed by atoms with Gasteiger partial charge in [-0.05, 0) is 18.2 Å². The summed E-state index contributed by atoms with van der Waals surface area (Å²) in [6.07, 6.45) is -2.94. The van der Waals surface area contributed by atoms with Crippen LogP contribution in [0.3, 0.4) is 0 Å². The van der Waals surface area contributed by atoms with Crippen molar-refractivity contribution in [2.24, 2.45) is 16.6 Å². The summed E-state index contributed by atoms with van der Waals surface area (Å²) in [5, 5.41) is 2.74. The zero-order valence-electron chi connectivity index (χ0n) is 15.9. The van der Waals surface area contributed by atoms with E-state index in [1.54, 1.807) is 0 Å². The maximum absolute atomic E-state index is 14.9. The second-order valence-electron chi connectivity index (χ2n) is 7.11. The van der Waals surface area contributed by atoms with Gasteiger partial charge in [0.05, 0.1) is 19.0 Å². The Morgan fingerprint density at radius 1 is 1.32 bits per heavy atom. The first-order valence-electron chi connectivity index (χ1n) is 9.24. The number of aliphatic imine (C=N–C) groups is 1. The van der Waals surface area contributed by atoms with Crippen LogP contribution in [-0.2, 0) is 10.3 Å². The maximum atomic E-state index is 14.9. The average Bonchev–Trinajstić information content (AvgIpc) is 2.74. The minimum Gasteiger partial charge on any atom is -0.379 e. The molecule has 12 heteroatoms. The van der Waals surface area contributed by atoms with Gasteiger partial charge < -0.3 is 15.8 Å². The molecule has 0 saturated carbocycles. The van der Waals surface area contributed by atoms with Gasteiger partial charge in [0.2, 0.25) is 6.36 Å². The van der Waals surface area contributed by atoms with Crippen LogP contribution in [0.4, 0.5) is 23.2 Å². The normalized spacial score (nSPS) is 25.6. The Balaban J connectivity index is 1.65. The number of fused-ring (bicyclic) bond motifs is 1. The first-order chi connectivity index (χ1) is 14.8. The molecule has 3 unspecified atom stereocenters. The second kappa shape index (κ2) is 8.42. The number of hydrogen-bond acceptors (Lipinski definition) is 7. The number of aromatic nitrogens is 2. The Morgan fingerprint density at radius 3 is 2.84 bits per heavy atom. The first kappa shape index (κ1) is 21.5. The summed E-state index contributed by atoms with van der Waals surface area (Å²) in [7, 11) is 0. The molecular formula is C19H17F4N5O2S. The van der Waals surface area contributed by atoms with E-state index in [4.69, 9.17) is 10.5 Å². The Bertz CT molecular complexity index is 1020. The number of nitrogens with two attached hydrogens (primary N) is 1. The lowest BCUT2D eigenvalue weighted by Gasteiger charge is -2.44. The molecule has 2 aliphatic rings. The highest BCUT2D eigenvalue weighted by molar-refractivity contribution is 8.13. The van der Waals surface area contributed by atoms with Crippen molar-refractivity contribution in [2.75, 3.05) is 17.7 Å². The summed E-state index contributed by atoms with van der Waals surface area (Å²) in [6.45, 7) is 0.0487. The van der Waals surface area contributed by atoms with Gasteiger partial charge in [0, 0.05) is 29.3 Å². The second-order valence-corrected chi connectivity index (χ2v) is 8.15. The molecule has 1 amide bonds. The lowest BCUT2D eigenvalue weighted by Crippen LogP contribution is -2.49. The number of carbonyl (C=O) groups excluding carboxylic acids is 1. The summed E-state index contributed by atoms with van der Waals surface area (Å²) in [5.74, 6) is -1.19. The number of thioether (sulfide) groups is 1. The van der Waals surface area contributed by atoms with E-state index in [9.17, 15) is 22.4 Å². The summed E-state index contributed by atoms with van der Waals surface area (Å²) in [6, 6.07) is 3.82. The number of alkyl halides is 3. The summed E-state index contributed by atoms with van der Waals surface area (Å²) >= 11 is 1.28. The fourth-order valence-electron chi connectivity index (χ4n) is 3.65. The van der Waals surface area contributed by atoms with E-state index >= 15 is 0 Å². The number of nitrogens with zero attached hydrogens (tertiary/aromatic N) is 3. The molecule has 4 rings (SSSR count). The van der Waals surface area contributed by atoms with Crippen molar-refractivity contribution in [3.05, 3.63) is 53.4 Å². The molecule has 2 aliphatic heterocycles. The number of nitrogens with one attached hydrogen (secondary N) is 1. The summed E-state index contributed by atoms with van der Waals surface area (Å²) in [5.41, 5.74) is 4.14. The van der Waals surface area contributed by atoms with E-state index in [1.165, 1.54) is 23.9 Å². The Morgan fingerprint density at radius 2 is 2.13 bits per heavy atom. The number of rotatable bonds is 4. The monoisotopic (exact) mass is 455 g/mol. The minimum absolute atomic E-state index is 0.0487. The third kappa shape index (κ3) is 4.22. The quantitative estimate of drug-likeness (QED) is 0.686. The predicted molar refractivity (Wildman–Crippen MR) is 106 cm³/mol. The summed E-state index contributed by atoms with van der Waals surface area (Å²) in [4.78, 5) is 24.0. The van der Waals surface area contributed by atoms with Crippen LogP contribution >= 0.6 is 11.8 Å². The lowest BCUT2D eigenvalue weighted by molar-refractivity contribution is -0.118. The standard InChI is InChI=1S/C19H17F4N5O2S/c20-12-2-1-10(27-17(29)14-6-25-13(5-26-14)16(22)23)3-11(12)19-4-15(21)30-7-9(19)8-31-18(24)28-19/h1-3,5-6,9,15-16H,4,7-8H2,(H2,24,28)(H,27,29). The van der Waals surface area contributed by atoms with Gasteiger partial charge >= 0.3 is 0 Å². The molecule has 1 fully saturated rings. The third-order valence-corrected chi connectivity index (χ3v) is 6.14. The van der Waals surface area contributed by atoms with Crippen LogP contribution in [-0.4, -0.2) is 39.8 Å². The van der Waals surface area contributed by atoms with Gasteiger partial charge in [-0.25, -0.2) is 22.5 Å². The van der Waals surface area contributed by atoms with Gasteiger partial charge in [0.1, 0.15) is 22.7 Å². The van der Waals surface area contributed by atoms with E-state index in [1.807, 2.05) is 0 Å². The van der Waals surface area contributed by atoms with E-state index in [-0.39, 0.29) is 41.1 Å². The highest BCUT2D eigenvalue weighted by Gasteiger charge is 2.50. The van der Waals surface area contributed by atoms with Crippen LogP contribution in [0, 0.1) is 11.7 Å². The third-order valence-electron chi connectivity index (χ3n) is 5.19. The molecule has 0 spiro atoms. The van der Waals surface area contributed by atoms with E-state index < -0.39 is 35.7 Å². The summed E-state index contributed by atoms with van der Waals surface area (Å²) < 4.78 is 59.3. The number of halogens is 4. The predicted octanol–water partition coefficient (Wildman–Crippen LogP) is 3.39. The molecule has 7 nitrogen and oxygen atoms in total. The number of amidine groups is 1. The number of anilines is 1. The largest absolute Gasteiger partial charge is 0.379 e. The minimum atomic E-state index is -2.81. The number of hydrogen-bond donors (Lipinski definition) is 2. The van der Waals surface area contributed by atoms with Crippen molar-refractivity contribution in [2.45, 2.75) is 24.7 Å². The molecule has 164 valence electrons. The average molecular weight is 455 g/mol. The fraction of sp³-hybridized carbons (Fsp3) is 0.368. The molecule has 3 heterocycles. The van der Waals surface area contributed by atoms with Gasteiger partial charge in [-0.1, -0.05) is 11.8 Å². The maximum Gasteiger partial charge on any atom is 0.281 e. The number of carbonyl (C=O) groups is 1. The lowest BCUT2D eigenvalue weighted by atomic mass is 9.75. The molecule has 0 aliphatic carbocycles. The zero-order chi connectivity index (χ0) is 22.2. The highest BCUT2D eigenvalue weighted by atomic mass is 32.2. The van der Waals surface area contributed by atoms with E-state index in [0.717, 1.165) is 18.5 Å². The van der Waals surface area contributed by atoms with Crippen LogP contribution in [0.5, 0.6) is 0 Å². The fourth-order valence-corrected chi connectivity index (χ4v) is 4.63. The Kier molecular flexibility index (Phi) is 5.84. The van der Waals surface area contributed by atoms with Crippen LogP contribution in [0.15, 0.2) is 35.6 Å². The highest BCUT2D eigenvalue weighted by Crippen LogP contribution is 2.48. The van der Waals surface area contributed by atoms with E-state index in [2.05, 4.69) is 20.3 Å². The smallest absolute Gasteiger partial charge is 0.281 e. The molecule has 0 bridgehead atoms. The molecule has 1 aromatic carbocycles. The first-order valence-corrected chi connectivity index (χ1v) is 10.2. The SMILES string of the molecule is NC1=NC2(c3cc(NC(=O)c4cnc(C(F)F)cn4)ccc3F)CC(F)OCC2CS1. The number of benzene rings is 1. The topological polar surface area (TPSA) is 102 Å². The molecule has 3 atom stereocenters. The van der Waals surface area contributed by atoms with Gasteiger partial charge in [-0.15, -0.1) is 0 Å². The van der Waals surface area contributed by atoms with Crippen molar-refractivity contribution >= 4 is 28.5 Å². The molecule has 0 radical (unpaired) electrons. The zero-order valence-corrected chi connectivity index (χ0v) is 16.7. The van der Waals surface area contributed by atoms with Crippen molar-refractivity contribution in [3.8, 4) is 0 Å². The van der Waals surface area contributed by atoms with Crippen LogP contribution in [0.1, 0.15) is 34.6 Å². The van der Waals surface area contributed by atoms with Crippen molar-refractivity contribution in [1.29, 1.82) is 0 Å². The van der Waals surface area contributed by atoms with Crippen LogP contribution in [0.2, 0.25) is 0 Å². The van der Waals surface area contributed by atoms with Gasteiger partial charge in [-0.3, -0.25) is 14.8 Å². The van der Waals surface area contributed by atoms with Crippen LogP contribution in [0.25, 0.3) is 0 Å². The Labute approximate surface area is 178 Å². The Hall–Kier alpha value is -2.73. The van der Waals surface area contributed by atoms with Gasteiger partial charge in [0.15, 0.2) is 5.17 Å². The molecule has 2 aromatic rings. The molecule has 31 heavy (non-hydrogen) atoms. The van der Waals surface area contributed by atoms with Crippen molar-refractivity contribution in [1.82, 2.24) is 9.97 Å². The molecule has 1 saturated heterocycles. The number of amides is 1. The van der Waals surface area contributed by atoms with E-state index in [0.29, 0.717) is 5.75 Å². The van der Waals surface area contributed by atoms with Crippen molar-refractivity contribution in [3.63, 3.8) is 0 Å². The molecule has 1 aromatic heterocycles.